The Bertz CT molecular complexity index is 612. The molecule has 124 valence electrons. The standard InChI is InChI=1S/C22H30O/c1-5-7-16(3)19-11-14-21(17(4)8-6-2)22(15-19)18-9-12-20(23)13-10-18/h9-17,23H,5-8H2,1-4H3. The minimum atomic E-state index is 0.326. The maximum absolute atomic E-state index is 9.58. The van der Waals surface area contributed by atoms with E-state index >= 15 is 0 Å². The molecule has 2 unspecified atom stereocenters. The van der Waals surface area contributed by atoms with E-state index in [1.165, 1.54) is 47.9 Å². The molecule has 0 aliphatic heterocycles. The minimum Gasteiger partial charge on any atom is -0.508 e. The third-order valence-corrected chi connectivity index (χ3v) is 4.80. The lowest BCUT2D eigenvalue weighted by Gasteiger charge is -2.20. The summed E-state index contributed by atoms with van der Waals surface area (Å²) in [5.74, 6) is 1.47. The Morgan fingerprint density at radius 1 is 0.826 bits per heavy atom. The van der Waals surface area contributed by atoms with Crippen LogP contribution >= 0.6 is 0 Å². The summed E-state index contributed by atoms with van der Waals surface area (Å²) in [7, 11) is 0. The third kappa shape index (κ3) is 4.37. The SMILES string of the molecule is CCCC(C)c1ccc(C(C)CCC)c(-c2ccc(O)cc2)c1. The van der Waals surface area contributed by atoms with Gasteiger partial charge in [-0.25, -0.2) is 0 Å². The lowest BCUT2D eigenvalue weighted by Crippen LogP contribution is -2.00. The van der Waals surface area contributed by atoms with Crippen LogP contribution in [-0.2, 0) is 0 Å². The molecule has 0 aromatic heterocycles. The van der Waals surface area contributed by atoms with Crippen molar-refractivity contribution in [2.75, 3.05) is 0 Å². The summed E-state index contributed by atoms with van der Waals surface area (Å²) in [6.45, 7) is 9.12. The van der Waals surface area contributed by atoms with E-state index in [1.54, 1.807) is 12.1 Å². The number of hydrogen-bond acceptors (Lipinski definition) is 1. The number of rotatable bonds is 7. The molecule has 2 rings (SSSR count). The summed E-state index contributed by atoms with van der Waals surface area (Å²) in [6, 6.07) is 14.6. The fourth-order valence-corrected chi connectivity index (χ4v) is 3.39. The molecule has 0 fully saturated rings. The Balaban J connectivity index is 2.48. The Kier molecular flexibility index (Phi) is 6.27. The normalized spacial score (nSPS) is 13.7. The molecule has 1 heteroatoms. The predicted octanol–water partition coefficient (Wildman–Crippen LogP) is 6.87. The van der Waals surface area contributed by atoms with E-state index in [0.29, 0.717) is 17.6 Å². The Hall–Kier alpha value is -1.76. The number of aromatic hydroxyl groups is 1. The minimum absolute atomic E-state index is 0.326. The average molecular weight is 310 g/mol. The highest BCUT2D eigenvalue weighted by molar-refractivity contribution is 5.69. The van der Waals surface area contributed by atoms with Crippen molar-refractivity contribution in [2.45, 2.75) is 65.2 Å². The van der Waals surface area contributed by atoms with Gasteiger partial charge in [0.05, 0.1) is 0 Å². The first-order chi connectivity index (χ1) is 11.1. The van der Waals surface area contributed by atoms with Crippen LogP contribution in [-0.4, -0.2) is 5.11 Å². The molecular weight excluding hydrogens is 280 g/mol. The van der Waals surface area contributed by atoms with E-state index in [9.17, 15) is 5.11 Å². The second kappa shape index (κ2) is 8.19. The van der Waals surface area contributed by atoms with E-state index < -0.39 is 0 Å². The number of benzene rings is 2. The monoisotopic (exact) mass is 310 g/mol. The van der Waals surface area contributed by atoms with Crippen molar-refractivity contribution >= 4 is 0 Å². The maximum Gasteiger partial charge on any atom is 0.115 e. The van der Waals surface area contributed by atoms with Gasteiger partial charge >= 0.3 is 0 Å². The second-order valence-corrected chi connectivity index (χ2v) is 6.77. The van der Waals surface area contributed by atoms with Gasteiger partial charge in [-0.05, 0) is 59.1 Å². The highest BCUT2D eigenvalue weighted by atomic mass is 16.3. The van der Waals surface area contributed by atoms with Crippen LogP contribution in [0.15, 0.2) is 42.5 Å². The van der Waals surface area contributed by atoms with E-state index in [4.69, 9.17) is 0 Å². The lowest BCUT2D eigenvalue weighted by molar-refractivity contribution is 0.475. The Morgan fingerprint density at radius 2 is 1.43 bits per heavy atom. The van der Waals surface area contributed by atoms with Gasteiger partial charge in [0.25, 0.3) is 0 Å². The first kappa shape index (κ1) is 17.6. The molecule has 0 saturated heterocycles. The summed E-state index contributed by atoms with van der Waals surface area (Å²) in [5.41, 5.74) is 5.37. The average Bonchev–Trinajstić information content (AvgIpc) is 2.55. The van der Waals surface area contributed by atoms with Gasteiger partial charge in [-0.15, -0.1) is 0 Å². The van der Waals surface area contributed by atoms with Gasteiger partial charge in [0.1, 0.15) is 5.75 Å². The van der Waals surface area contributed by atoms with Crippen molar-refractivity contribution in [2.24, 2.45) is 0 Å². The van der Waals surface area contributed by atoms with Crippen molar-refractivity contribution in [3.63, 3.8) is 0 Å². The molecule has 2 aromatic carbocycles. The molecule has 2 atom stereocenters. The summed E-state index contributed by atoms with van der Waals surface area (Å²) in [4.78, 5) is 0. The predicted molar refractivity (Wildman–Crippen MR) is 100 cm³/mol. The third-order valence-electron chi connectivity index (χ3n) is 4.80. The molecule has 0 radical (unpaired) electrons. The first-order valence-electron chi connectivity index (χ1n) is 9.00. The summed E-state index contributed by atoms with van der Waals surface area (Å²) in [6.07, 6.45) is 4.84. The summed E-state index contributed by atoms with van der Waals surface area (Å²) in [5, 5.41) is 9.58. The molecule has 0 amide bonds. The molecule has 0 saturated carbocycles. The van der Waals surface area contributed by atoms with Crippen molar-refractivity contribution in [1.82, 2.24) is 0 Å². The summed E-state index contributed by atoms with van der Waals surface area (Å²) < 4.78 is 0. The highest BCUT2D eigenvalue weighted by Crippen LogP contribution is 2.35. The van der Waals surface area contributed by atoms with Crippen LogP contribution in [0.2, 0.25) is 0 Å². The fraction of sp³-hybridized carbons (Fsp3) is 0.455. The maximum atomic E-state index is 9.58. The van der Waals surface area contributed by atoms with E-state index in [0.717, 1.165) is 0 Å². The van der Waals surface area contributed by atoms with Crippen LogP contribution in [0.4, 0.5) is 0 Å². The molecule has 1 nitrogen and oxygen atoms in total. The smallest absolute Gasteiger partial charge is 0.115 e. The van der Waals surface area contributed by atoms with E-state index in [2.05, 4.69) is 45.9 Å². The van der Waals surface area contributed by atoms with Crippen molar-refractivity contribution in [1.29, 1.82) is 0 Å². The van der Waals surface area contributed by atoms with Crippen LogP contribution in [0.5, 0.6) is 5.75 Å². The molecule has 2 aromatic rings. The quantitative estimate of drug-likeness (QED) is 0.592. The molecule has 0 bridgehead atoms. The van der Waals surface area contributed by atoms with Gasteiger partial charge in [0, 0.05) is 0 Å². The van der Waals surface area contributed by atoms with Crippen LogP contribution in [0.25, 0.3) is 11.1 Å². The van der Waals surface area contributed by atoms with Crippen molar-refractivity contribution in [3.8, 4) is 16.9 Å². The molecule has 0 aliphatic rings. The molecule has 23 heavy (non-hydrogen) atoms. The van der Waals surface area contributed by atoms with Crippen molar-refractivity contribution < 1.29 is 5.11 Å². The van der Waals surface area contributed by atoms with E-state index in [-0.39, 0.29) is 0 Å². The van der Waals surface area contributed by atoms with Crippen molar-refractivity contribution in [3.05, 3.63) is 53.6 Å². The molecule has 1 N–H and O–H groups in total. The van der Waals surface area contributed by atoms with Crippen LogP contribution in [0.1, 0.15) is 76.3 Å². The van der Waals surface area contributed by atoms with Gasteiger partial charge in [0.15, 0.2) is 0 Å². The molecule has 0 aliphatic carbocycles. The van der Waals surface area contributed by atoms with Gasteiger partial charge in [0.2, 0.25) is 0 Å². The number of phenols is 1. The lowest BCUT2D eigenvalue weighted by atomic mass is 9.85. The molecular formula is C22H30O. The Labute approximate surface area is 141 Å². The zero-order chi connectivity index (χ0) is 16.8. The van der Waals surface area contributed by atoms with Gasteiger partial charge < -0.3 is 5.11 Å². The topological polar surface area (TPSA) is 20.2 Å². The van der Waals surface area contributed by atoms with Gasteiger partial charge in [-0.3, -0.25) is 0 Å². The summed E-state index contributed by atoms with van der Waals surface area (Å²) >= 11 is 0. The number of hydrogen-bond donors (Lipinski definition) is 1. The molecule has 0 heterocycles. The Morgan fingerprint density at radius 3 is 2.04 bits per heavy atom. The van der Waals surface area contributed by atoms with Gasteiger partial charge in [-0.2, -0.15) is 0 Å². The van der Waals surface area contributed by atoms with E-state index in [1.807, 2.05) is 12.1 Å². The fourth-order valence-electron chi connectivity index (χ4n) is 3.39. The zero-order valence-electron chi connectivity index (χ0n) is 15.0. The van der Waals surface area contributed by atoms with Crippen LogP contribution in [0.3, 0.4) is 0 Å². The van der Waals surface area contributed by atoms with Crippen LogP contribution in [0, 0.1) is 0 Å². The highest BCUT2D eigenvalue weighted by Gasteiger charge is 2.14. The second-order valence-electron chi connectivity index (χ2n) is 6.77. The number of phenolic OH excluding ortho intramolecular Hbond substituents is 1. The zero-order valence-corrected chi connectivity index (χ0v) is 15.0. The largest absolute Gasteiger partial charge is 0.508 e. The first-order valence-corrected chi connectivity index (χ1v) is 9.00. The molecule has 0 spiro atoms. The van der Waals surface area contributed by atoms with Crippen LogP contribution < -0.4 is 0 Å². The van der Waals surface area contributed by atoms with Gasteiger partial charge in [-0.1, -0.05) is 70.9 Å².